The van der Waals surface area contributed by atoms with Crippen molar-refractivity contribution in [3.63, 3.8) is 0 Å². The van der Waals surface area contributed by atoms with Gasteiger partial charge in [0.2, 0.25) is 0 Å². The van der Waals surface area contributed by atoms with Crippen LogP contribution in [0.15, 0.2) is 46.1 Å². The molecule has 0 saturated carbocycles. The Morgan fingerprint density at radius 3 is 2.38 bits per heavy atom. The van der Waals surface area contributed by atoms with Crippen molar-refractivity contribution >= 4 is 5.97 Å². The second kappa shape index (κ2) is 15.3. The SMILES string of the molecule is CCCCNC/C(=C\C(=O)O)CC/C=C(\C)CC/C=C(\C)CCC1=C(C)CCCC1(C)C. The van der Waals surface area contributed by atoms with Crippen molar-refractivity contribution in [3.8, 4) is 0 Å². The molecule has 1 aliphatic carbocycles. The maximum absolute atomic E-state index is 11.1. The van der Waals surface area contributed by atoms with Crippen molar-refractivity contribution in [2.75, 3.05) is 13.1 Å². The zero-order valence-corrected chi connectivity index (χ0v) is 21.8. The van der Waals surface area contributed by atoms with E-state index in [0.717, 1.165) is 50.6 Å². The molecule has 0 radical (unpaired) electrons. The highest BCUT2D eigenvalue weighted by Crippen LogP contribution is 2.42. The molecule has 32 heavy (non-hydrogen) atoms. The normalized spacial score (nSPS) is 17.8. The maximum atomic E-state index is 11.1. The highest BCUT2D eigenvalue weighted by molar-refractivity contribution is 5.80. The van der Waals surface area contributed by atoms with Crippen LogP contribution in [0.5, 0.6) is 0 Å². The van der Waals surface area contributed by atoms with Crippen molar-refractivity contribution < 1.29 is 9.90 Å². The fourth-order valence-electron chi connectivity index (χ4n) is 4.74. The Bertz CT molecular complexity index is 707. The number of allylic oxidation sites excluding steroid dienone is 6. The Labute approximate surface area is 198 Å². The predicted octanol–water partition coefficient (Wildman–Crippen LogP) is 8.15. The molecule has 1 rings (SSSR count). The van der Waals surface area contributed by atoms with Crippen LogP contribution in [0.1, 0.15) is 112 Å². The van der Waals surface area contributed by atoms with Crippen LogP contribution in [0.2, 0.25) is 0 Å². The quantitative estimate of drug-likeness (QED) is 0.152. The Morgan fingerprint density at radius 2 is 1.75 bits per heavy atom. The van der Waals surface area contributed by atoms with E-state index in [1.54, 1.807) is 11.1 Å². The van der Waals surface area contributed by atoms with E-state index < -0.39 is 5.97 Å². The molecule has 0 heterocycles. The summed E-state index contributed by atoms with van der Waals surface area (Å²) in [6.45, 7) is 15.4. The highest BCUT2D eigenvalue weighted by Gasteiger charge is 2.27. The van der Waals surface area contributed by atoms with Gasteiger partial charge in [0.15, 0.2) is 0 Å². The van der Waals surface area contributed by atoms with E-state index in [0.29, 0.717) is 12.0 Å². The fourth-order valence-corrected chi connectivity index (χ4v) is 4.74. The average molecular weight is 444 g/mol. The third-order valence-electron chi connectivity index (χ3n) is 6.83. The van der Waals surface area contributed by atoms with Crippen molar-refractivity contribution in [1.82, 2.24) is 5.32 Å². The summed E-state index contributed by atoms with van der Waals surface area (Å²) >= 11 is 0. The molecule has 0 saturated heterocycles. The molecule has 0 aromatic carbocycles. The lowest BCUT2D eigenvalue weighted by molar-refractivity contribution is -0.131. The third-order valence-corrected chi connectivity index (χ3v) is 6.83. The topological polar surface area (TPSA) is 49.3 Å². The first kappa shape index (κ1) is 28.4. The fraction of sp³-hybridized carbons (Fsp3) is 0.690. The molecule has 182 valence electrons. The van der Waals surface area contributed by atoms with E-state index in [9.17, 15) is 4.79 Å². The smallest absolute Gasteiger partial charge is 0.328 e. The molecule has 0 aromatic heterocycles. The second-order valence-electron chi connectivity index (χ2n) is 10.3. The van der Waals surface area contributed by atoms with Gasteiger partial charge in [0.05, 0.1) is 0 Å². The molecule has 2 N–H and O–H groups in total. The molecule has 0 bridgehead atoms. The van der Waals surface area contributed by atoms with Crippen LogP contribution in [0, 0.1) is 5.41 Å². The van der Waals surface area contributed by atoms with E-state index >= 15 is 0 Å². The number of rotatable bonds is 15. The van der Waals surface area contributed by atoms with Gasteiger partial charge in [-0.2, -0.15) is 0 Å². The van der Waals surface area contributed by atoms with Gasteiger partial charge in [0, 0.05) is 12.6 Å². The summed E-state index contributed by atoms with van der Waals surface area (Å²) < 4.78 is 0. The van der Waals surface area contributed by atoms with E-state index in [1.165, 1.54) is 49.3 Å². The lowest BCUT2D eigenvalue weighted by atomic mass is 9.71. The summed E-state index contributed by atoms with van der Waals surface area (Å²) in [5, 5.41) is 12.5. The molecule has 0 aromatic rings. The molecule has 3 heteroatoms. The zero-order valence-electron chi connectivity index (χ0n) is 21.8. The highest BCUT2D eigenvalue weighted by atomic mass is 16.4. The van der Waals surface area contributed by atoms with Crippen LogP contribution >= 0.6 is 0 Å². The molecule has 0 atom stereocenters. The van der Waals surface area contributed by atoms with Gasteiger partial charge >= 0.3 is 5.97 Å². The van der Waals surface area contributed by atoms with Crippen LogP contribution in [0.4, 0.5) is 0 Å². The van der Waals surface area contributed by atoms with Gasteiger partial charge in [-0.25, -0.2) is 4.79 Å². The van der Waals surface area contributed by atoms with Crippen molar-refractivity contribution in [3.05, 3.63) is 46.1 Å². The largest absolute Gasteiger partial charge is 0.478 e. The predicted molar refractivity (Wildman–Crippen MR) is 139 cm³/mol. The number of hydrogen-bond acceptors (Lipinski definition) is 2. The lowest BCUT2D eigenvalue weighted by Gasteiger charge is -2.35. The molecule has 3 nitrogen and oxygen atoms in total. The summed E-state index contributed by atoms with van der Waals surface area (Å²) in [5.74, 6) is -0.846. The zero-order chi connectivity index (χ0) is 24.0. The first-order valence-corrected chi connectivity index (χ1v) is 12.8. The van der Waals surface area contributed by atoms with Crippen LogP contribution in [-0.2, 0) is 4.79 Å². The van der Waals surface area contributed by atoms with Gasteiger partial charge in [-0.15, -0.1) is 0 Å². The van der Waals surface area contributed by atoms with Gasteiger partial charge in [-0.1, -0.05) is 61.6 Å². The van der Waals surface area contributed by atoms with E-state index in [1.807, 2.05) is 0 Å². The number of aliphatic carboxylic acids is 1. The lowest BCUT2D eigenvalue weighted by Crippen LogP contribution is -2.20. The molecule has 0 amide bonds. The van der Waals surface area contributed by atoms with Crippen molar-refractivity contribution in [1.29, 1.82) is 0 Å². The summed E-state index contributed by atoms with van der Waals surface area (Å²) in [6, 6.07) is 0. The summed E-state index contributed by atoms with van der Waals surface area (Å²) in [6.07, 6.45) is 18.6. The Morgan fingerprint density at radius 1 is 1.09 bits per heavy atom. The van der Waals surface area contributed by atoms with Crippen molar-refractivity contribution in [2.24, 2.45) is 5.41 Å². The number of carboxylic acid groups (broad SMARTS) is 1. The summed E-state index contributed by atoms with van der Waals surface area (Å²) in [5.41, 5.74) is 7.58. The number of carboxylic acids is 1. The third kappa shape index (κ3) is 11.9. The number of carbonyl (C=O) groups is 1. The molecule has 1 aliphatic rings. The van der Waals surface area contributed by atoms with Crippen molar-refractivity contribution in [2.45, 2.75) is 112 Å². The molecule has 0 spiro atoms. The van der Waals surface area contributed by atoms with Gasteiger partial charge in [0.1, 0.15) is 0 Å². The minimum absolute atomic E-state index is 0.376. The first-order chi connectivity index (χ1) is 15.2. The summed E-state index contributed by atoms with van der Waals surface area (Å²) in [7, 11) is 0. The monoisotopic (exact) mass is 443 g/mol. The van der Waals surface area contributed by atoms with Crippen LogP contribution < -0.4 is 5.32 Å². The Balaban J connectivity index is 2.42. The molecule has 0 fully saturated rings. The Kier molecular flexibility index (Phi) is 13.6. The summed E-state index contributed by atoms with van der Waals surface area (Å²) in [4.78, 5) is 11.1. The minimum atomic E-state index is -0.846. The van der Waals surface area contributed by atoms with Gasteiger partial charge in [-0.05, 0) is 103 Å². The standard InChI is InChI=1S/C29H49NO2/c1-7-8-20-30-22-26(21-28(31)32)16-10-14-23(2)12-9-13-24(3)17-18-27-25(4)15-11-19-29(27,5)6/h13-14,21,30H,7-12,15-20,22H2,1-6H3,(H,31,32)/b23-14+,24-13+,26-21-. The van der Waals surface area contributed by atoms with Crippen LogP contribution in [-0.4, -0.2) is 24.2 Å². The van der Waals surface area contributed by atoms with Gasteiger partial charge in [0.25, 0.3) is 0 Å². The van der Waals surface area contributed by atoms with Gasteiger partial charge in [-0.3, -0.25) is 0 Å². The first-order valence-electron chi connectivity index (χ1n) is 12.8. The minimum Gasteiger partial charge on any atom is -0.478 e. The van der Waals surface area contributed by atoms with E-state index in [-0.39, 0.29) is 0 Å². The number of unbranched alkanes of at least 4 members (excludes halogenated alkanes) is 1. The molecular formula is C29H49NO2. The van der Waals surface area contributed by atoms with Gasteiger partial charge < -0.3 is 10.4 Å². The maximum Gasteiger partial charge on any atom is 0.328 e. The average Bonchev–Trinajstić information content (AvgIpc) is 2.69. The second-order valence-corrected chi connectivity index (χ2v) is 10.3. The van der Waals surface area contributed by atoms with Crippen LogP contribution in [0.3, 0.4) is 0 Å². The Hall–Kier alpha value is -1.61. The van der Waals surface area contributed by atoms with E-state index in [2.05, 4.69) is 59.0 Å². The molecule has 0 unspecified atom stereocenters. The molecular weight excluding hydrogens is 394 g/mol. The van der Waals surface area contributed by atoms with E-state index in [4.69, 9.17) is 5.11 Å². The molecule has 0 aliphatic heterocycles. The van der Waals surface area contributed by atoms with Crippen LogP contribution in [0.25, 0.3) is 0 Å². The number of nitrogens with one attached hydrogen (secondary N) is 1. The number of hydrogen-bond donors (Lipinski definition) is 2.